The molecule has 3 aromatic rings. The van der Waals surface area contributed by atoms with Gasteiger partial charge in [-0.25, -0.2) is 27.3 Å². The summed E-state index contributed by atoms with van der Waals surface area (Å²) >= 11 is 0. The molecular formula is C20H18F4N4O3. The van der Waals surface area contributed by atoms with E-state index in [4.69, 9.17) is 9.47 Å². The normalized spacial score (nSPS) is 14.4. The Morgan fingerprint density at radius 2 is 2.03 bits per heavy atom. The fourth-order valence-corrected chi connectivity index (χ4v) is 3.11. The highest BCUT2D eigenvalue weighted by atomic mass is 19.3. The number of nitrogens with one attached hydrogen (secondary N) is 3. The van der Waals surface area contributed by atoms with Crippen LogP contribution in [0.4, 0.5) is 28.0 Å². The predicted octanol–water partition coefficient (Wildman–Crippen LogP) is 4.51. The molecule has 164 valence electrons. The summed E-state index contributed by atoms with van der Waals surface area (Å²) in [5.41, 5.74) is -0.466. The van der Waals surface area contributed by atoms with E-state index in [-0.39, 0.29) is 28.4 Å². The van der Waals surface area contributed by atoms with Crippen molar-refractivity contribution in [3.05, 3.63) is 47.8 Å². The van der Waals surface area contributed by atoms with E-state index in [1.54, 1.807) is 0 Å². The minimum Gasteiger partial charge on any atom is -0.450 e. The number of nitrogens with zero attached hydrogens (tertiary/aromatic N) is 1. The zero-order valence-corrected chi connectivity index (χ0v) is 16.3. The van der Waals surface area contributed by atoms with Crippen molar-refractivity contribution >= 4 is 22.8 Å². The van der Waals surface area contributed by atoms with Gasteiger partial charge in [0.2, 0.25) is 0 Å². The average molecular weight is 438 g/mol. The number of benzene rings is 1. The molecule has 0 atom stereocenters. The predicted molar refractivity (Wildman–Crippen MR) is 103 cm³/mol. The quantitative estimate of drug-likeness (QED) is 0.494. The van der Waals surface area contributed by atoms with Crippen molar-refractivity contribution in [1.29, 1.82) is 0 Å². The zero-order chi connectivity index (χ0) is 22.2. The monoisotopic (exact) mass is 438 g/mol. The Morgan fingerprint density at radius 1 is 1.32 bits per heavy atom. The summed E-state index contributed by atoms with van der Waals surface area (Å²) in [4.78, 5) is 18.4. The van der Waals surface area contributed by atoms with Crippen molar-refractivity contribution in [3.63, 3.8) is 0 Å². The van der Waals surface area contributed by atoms with Gasteiger partial charge in [0.25, 0.3) is 5.92 Å². The van der Waals surface area contributed by atoms with Gasteiger partial charge < -0.3 is 25.1 Å². The van der Waals surface area contributed by atoms with Crippen molar-refractivity contribution < 1.29 is 31.8 Å². The van der Waals surface area contributed by atoms with Crippen molar-refractivity contribution in [2.45, 2.75) is 12.8 Å². The molecule has 0 aliphatic carbocycles. The van der Waals surface area contributed by atoms with Gasteiger partial charge in [0.05, 0.1) is 24.2 Å². The van der Waals surface area contributed by atoms with Crippen LogP contribution >= 0.6 is 0 Å². The number of aromatic nitrogens is 2. The molecule has 0 radical (unpaired) electrons. The highest BCUT2D eigenvalue weighted by Crippen LogP contribution is 2.40. The van der Waals surface area contributed by atoms with Gasteiger partial charge in [-0.2, -0.15) is 0 Å². The second kappa shape index (κ2) is 8.06. The molecular weight excluding hydrogens is 420 g/mol. The molecule has 7 nitrogen and oxygen atoms in total. The smallest absolute Gasteiger partial charge is 0.319 e. The molecule has 1 fully saturated rings. The van der Waals surface area contributed by atoms with Crippen LogP contribution in [0.5, 0.6) is 11.5 Å². The molecule has 2 amide bonds. The molecule has 0 spiro atoms. The molecule has 0 bridgehead atoms. The summed E-state index contributed by atoms with van der Waals surface area (Å²) in [6.07, 6.45) is 2.33. The summed E-state index contributed by atoms with van der Waals surface area (Å²) in [5, 5.41) is 4.82. The Bertz CT molecular complexity index is 1100. The Morgan fingerprint density at radius 3 is 2.65 bits per heavy atom. The van der Waals surface area contributed by atoms with Crippen molar-refractivity contribution in [2.24, 2.45) is 5.92 Å². The fraction of sp³-hybridized carbons (Fsp3) is 0.300. The lowest BCUT2D eigenvalue weighted by molar-refractivity contribution is -0.0292. The first-order valence-electron chi connectivity index (χ1n) is 9.36. The number of ether oxygens (including phenoxy) is 2. The molecule has 1 aromatic carbocycles. The molecule has 3 heterocycles. The van der Waals surface area contributed by atoms with Crippen LogP contribution in [-0.4, -0.2) is 35.8 Å². The lowest BCUT2D eigenvalue weighted by atomic mass is 10.1. The fourth-order valence-electron chi connectivity index (χ4n) is 3.11. The number of fused-ring (bicyclic) bond motifs is 1. The van der Waals surface area contributed by atoms with Gasteiger partial charge >= 0.3 is 6.03 Å². The van der Waals surface area contributed by atoms with E-state index in [0.717, 1.165) is 18.3 Å². The number of H-pyrrole nitrogens is 1. The Kier molecular flexibility index (Phi) is 5.44. The maximum Gasteiger partial charge on any atom is 0.319 e. The number of halogens is 4. The number of hydrogen-bond donors (Lipinski definition) is 3. The van der Waals surface area contributed by atoms with Crippen LogP contribution < -0.4 is 15.4 Å². The second-order valence-corrected chi connectivity index (χ2v) is 7.23. The number of amides is 2. The van der Waals surface area contributed by atoms with E-state index in [0.29, 0.717) is 26.7 Å². The van der Waals surface area contributed by atoms with E-state index in [1.807, 2.05) is 0 Å². The molecule has 1 saturated heterocycles. The highest BCUT2D eigenvalue weighted by Gasteiger charge is 2.30. The SMILES string of the molecule is CC(F)(F)c1c[nH]c2nccc(Oc3c(F)cc(NC(=O)NCC4COC4)cc3F)c12. The number of carbonyl (C=O) groups excluding carboxylic acids is 1. The maximum absolute atomic E-state index is 14.6. The Balaban J connectivity index is 1.55. The van der Waals surface area contributed by atoms with Crippen LogP contribution in [0.2, 0.25) is 0 Å². The molecule has 31 heavy (non-hydrogen) atoms. The van der Waals surface area contributed by atoms with Gasteiger partial charge in [0.15, 0.2) is 17.4 Å². The van der Waals surface area contributed by atoms with E-state index in [2.05, 4.69) is 20.6 Å². The number of hydrogen-bond acceptors (Lipinski definition) is 4. The molecule has 0 unspecified atom stereocenters. The molecule has 0 saturated carbocycles. The Hall–Kier alpha value is -3.34. The lowest BCUT2D eigenvalue weighted by Gasteiger charge is -2.25. The van der Waals surface area contributed by atoms with E-state index in [9.17, 15) is 22.4 Å². The molecule has 3 N–H and O–H groups in total. The third-order valence-corrected chi connectivity index (χ3v) is 4.73. The van der Waals surface area contributed by atoms with Gasteiger partial charge in [0.1, 0.15) is 11.4 Å². The maximum atomic E-state index is 14.6. The van der Waals surface area contributed by atoms with Gasteiger partial charge in [-0.1, -0.05) is 0 Å². The van der Waals surface area contributed by atoms with Crippen LogP contribution in [0.3, 0.4) is 0 Å². The van der Waals surface area contributed by atoms with Gasteiger partial charge in [-0.3, -0.25) is 0 Å². The topological polar surface area (TPSA) is 88.3 Å². The zero-order valence-electron chi connectivity index (χ0n) is 16.3. The lowest BCUT2D eigenvalue weighted by Crippen LogP contribution is -2.40. The van der Waals surface area contributed by atoms with Crippen LogP contribution in [-0.2, 0) is 10.7 Å². The van der Waals surface area contributed by atoms with Crippen LogP contribution in [0.1, 0.15) is 12.5 Å². The number of pyridine rings is 1. The second-order valence-electron chi connectivity index (χ2n) is 7.23. The first-order valence-corrected chi connectivity index (χ1v) is 9.36. The van der Waals surface area contributed by atoms with Crippen molar-refractivity contribution in [1.82, 2.24) is 15.3 Å². The van der Waals surface area contributed by atoms with E-state index in [1.165, 1.54) is 12.3 Å². The number of urea groups is 1. The summed E-state index contributed by atoms with van der Waals surface area (Å²) in [6.45, 7) is 2.16. The number of aromatic amines is 1. The largest absolute Gasteiger partial charge is 0.450 e. The number of carbonyl (C=O) groups is 1. The summed E-state index contributed by atoms with van der Waals surface area (Å²) < 4.78 is 67.2. The molecule has 11 heteroatoms. The van der Waals surface area contributed by atoms with E-state index >= 15 is 0 Å². The van der Waals surface area contributed by atoms with Crippen molar-refractivity contribution in [3.8, 4) is 11.5 Å². The van der Waals surface area contributed by atoms with Crippen molar-refractivity contribution in [2.75, 3.05) is 25.1 Å². The minimum atomic E-state index is -3.23. The molecule has 1 aliphatic heterocycles. The van der Waals surface area contributed by atoms with Gasteiger partial charge in [-0.05, 0) is 6.07 Å². The summed E-state index contributed by atoms with van der Waals surface area (Å²) in [7, 11) is 0. The van der Waals surface area contributed by atoms with Crippen LogP contribution in [0.25, 0.3) is 11.0 Å². The summed E-state index contributed by atoms with van der Waals surface area (Å²) in [5.74, 6) is -6.25. The van der Waals surface area contributed by atoms with Gasteiger partial charge in [0, 0.05) is 49.6 Å². The third kappa shape index (κ3) is 4.41. The number of rotatable bonds is 6. The molecule has 2 aromatic heterocycles. The first kappa shape index (κ1) is 20.9. The van der Waals surface area contributed by atoms with Crippen LogP contribution in [0, 0.1) is 17.6 Å². The number of anilines is 1. The number of alkyl halides is 2. The highest BCUT2D eigenvalue weighted by molar-refractivity contribution is 5.89. The standard InChI is InChI=1S/C20H18F4N4O3/c1-20(23,24)12-7-26-18-16(12)15(2-3-25-18)31-17-13(21)4-11(5-14(17)22)28-19(29)27-6-10-8-30-9-10/h2-5,7,10H,6,8-9H2,1H3,(H,25,26)(H2,27,28,29). The first-order chi connectivity index (χ1) is 14.7. The Labute approximate surface area is 173 Å². The average Bonchev–Trinajstić information content (AvgIpc) is 3.09. The van der Waals surface area contributed by atoms with E-state index < -0.39 is 34.9 Å². The third-order valence-electron chi connectivity index (χ3n) is 4.73. The molecule has 4 rings (SSSR count). The summed E-state index contributed by atoms with van der Waals surface area (Å²) in [6, 6.07) is 2.34. The van der Waals surface area contributed by atoms with Crippen LogP contribution in [0.15, 0.2) is 30.6 Å². The minimum absolute atomic E-state index is 0.0849. The van der Waals surface area contributed by atoms with Gasteiger partial charge in [-0.15, -0.1) is 0 Å². The molecule has 1 aliphatic rings.